The molecule has 0 spiro atoms. The number of aromatic nitrogens is 1. The van der Waals surface area contributed by atoms with Gasteiger partial charge >= 0.3 is 0 Å². The van der Waals surface area contributed by atoms with Gasteiger partial charge in [0, 0.05) is 33.3 Å². The number of halogens is 2. The first-order valence-corrected chi connectivity index (χ1v) is 7.31. The Kier molecular flexibility index (Phi) is 4.92. The lowest BCUT2D eigenvalue weighted by molar-refractivity contribution is 0.584. The van der Waals surface area contributed by atoms with Crippen LogP contribution >= 0.6 is 31.9 Å². The molecule has 0 aliphatic rings. The van der Waals surface area contributed by atoms with E-state index in [1.165, 1.54) is 5.56 Å². The number of nitrogens with zero attached hydrogens (tertiary/aromatic N) is 1. The Morgan fingerprint density at radius 2 is 1.89 bits per heavy atom. The van der Waals surface area contributed by atoms with Crippen molar-refractivity contribution in [1.82, 2.24) is 10.3 Å². The number of rotatable bonds is 4. The minimum atomic E-state index is 0.258. The van der Waals surface area contributed by atoms with Crippen molar-refractivity contribution in [2.24, 2.45) is 0 Å². The third-order valence-corrected chi connectivity index (χ3v) is 3.69. The highest BCUT2D eigenvalue weighted by molar-refractivity contribution is 9.11. The molecule has 0 aliphatic carbocycles. The first-order chi connectivity index (χ1) is 8.69. The Bertz CT molecular complexity index is 494. The van der Waals surface area contributed by atoms with Crippen molar-refractivity contribution in [3.05, 3.63) is 62.8 Å². The van der Waals surface area contributed by atoms with Gasteiger partial charge in [-0.05, 0) is 42.9 Å². The average molecular weight is 370 g/mol. The fourth-order valence-corrected chi connectivity index (χ4v) is 3.22. The van der Waals surface area contributed by atoms with E-state index >= 15 is 0 Å². The number of pyridine rings is 1. The molecule has 1 atom stereocenters. The molecule has 18 heavy (non-hydrogen) atoms. The van der Waals surface area contributed by atoms with E-state index in [1.807, 2.05) is 31.4 Å². The second-order valence-corrected chi connectivity index (χ2v) is 5.90. The molecule has 0 bridgehead atoms. The smallest absolute Gasteiger partial charge is 0.0422 e. The fourth-order valence-electron chi connectivity index (χ4n) is 1.89. The summed E-state index contributed by atoms with van der Waals surface area (Å²) in [5.41, 5.74) is 2.33. The van der Waals surface area contributed by atoms with E-state index in [0.29, 0.717) is 0 Å². The summed E-state index contributed by atoms with van der Waals surface area (Å²) < 4.78 is 2.15. The molecule has 0 amide bonds. The Morgan fingerprint density at radius 3 is 2.44 bits per heavy atom. The molecule has 1 aromatic heterocycles. The van der Waals surface area contributed by atoms with Crippen LogP contribution in [0.5, 0.6) is 0 Å². The van der Waals surface area contributed by atoms with Crippen molar-refractivity contribution in [3.63, 3.8) is 0 Å². The summed E-state index contributed by atoms with van der Waals surface area (Å²) in [6.07, 6.45) is 2.71. The van der Waals surface area contributed by atoms with Gasteiger partial charge in [-0.3, -0.25) is 4.98 Å². The SMILES string of the molecule is CNC(Cc1ccccn1)c1cc(Br)cc(Br)c1. The maximum atomic E-state index is 4.37. The highest BCUT2D eigenvalue weighted by Gasteiger charge is 2.12. The minimum absolute atomic E-state index is 0.258. The van der Waals surface area contributed by atoms with E-state index in [-0.39, 0.29) is 6.04 Å². The van der Waals surface area contributed by atoms with Crippen molar-refractivity contribution in [2.75, 3.05) is 7.05 Å². The number of benzene rings is 1. The normalized spacial score (nSPS) is 12.4. The molecule has 2 aromatic rings. The predicted molar refractivity (Wildman–Crippen MR) is 81.6 cm³/mol. The highest BCUT2D eigenvalue weighted by atomic mass is 79.9. The van der Waals surface area contributed by atoms with Crippen molar-refractivity contribution >= 4 is 31.9 Å². The van der Waals surface area contributed by atoms with Gasteiger partial charge in [-0.25, -0.2) is 0 Å². The molecular formula is C14H14Br2N2. The van der Waals surface area contributed by atoms with E-state index in [4.69, 9.17) is 0 Å². The van der Waals surface area contributed by atoms with Crippen LogP contribution in [-0.4, -0.2) is 12.0 Å². The van der Waals surface area contributed by atoms with Gasteiger partial charge in [0.1, 0.15) is 0 Å². The third kappa shape index (κ3) is 3.64. The predicted octanol–water partition coefficient (Wildman–Crippen LogP) is 4.11. The van der Waals surface area contributed by atoms with Crippen LogP contribution in [0.3, 0.4) is 0 Å². The Hall–Kier alpha value is -0.710. The number of hydrogen-bond donors (Lipinski definition) is 1. The first-order valence-electron chi connectivity index (χ1n) is 5.72. The third-order valence-electron chi connectivity index (χ3n) is 2.78. The number of nitrogens with one attached hydrogen (secondary N) is 1. The van der Waals surface area contributed by atoms with E-state index in [2.05, 4.69) is 60.4 Å². The summed E-state index contributed by atoms with van der Waals surface area (Å²) >= 11 is 7.04. The van der Waals surface area contributed by atoms with Crippen molar-refractivity contribution in [3.8, 4) is 0 Å². The summed E-state index contributed by atoms with van der Waals surface area (Å²) in [4.78, 5) is 4.37. The maximum Gasteiger partial charge on any atom is 0.0422 e. The van der Waals surface area contributed by atoms with E-state index in [1.54, 1.807) is 0 Å². The lowest BCUT2D eigenvalue weighted by Crippen LogP contribution is -2.19. The topological polar surface area (TPSA) is 24.9 Å². The van der Waals surface area contributed by atoms with Gasteiger partial charge in [0.2, 0.25) is 0 Å². The van der Waals surface area contributed by atoms with E-state index in [0.717, 1.165) is 21.1 Å². The molecule has 1 aromatic carbocycles. The molecule has 2 nitrogen and oxygen atoms in total. The van der Waals surface area contributed by atoms with Gasteiger partial charge in [-0.1, -0.05) is 37.9 Å². The van der Waals surface area contributed by atoms with Gasteiger partial charge in [0.15, 0.2) is 0 Å². The van der Waals surface area contributed by atoms with Gasteiger partial charge in [-0.2, -0.15) is 0 Å². The summed E-state index contributed by atoms with van der Waals surface area (Å²) in [7, 11) is 1.97. The molecule has 0 radical (unpaired) electrons. The monoisotopic (exact) mass is 368 g/mol. The number of hydrogen-bond acceptors (Lipinski definition) is 2. The first kappa shape index (κ1) is 13.7. The minimum Gasteiger partial charge on any atom is -0.313 e. The van der Waals surface area contributed by atoms with Crippen molar-refractivity contribution in [1.29, 1.82) is 0 Å². The number of likely N-dealkylation sites (N-methyl/N-ethyl adjacent to an activating group) is 1. The molecule has 2 rings (SSSR count). The zero-order chi connectivity index (χ0) is 13.0. The molecule has 0 aliphatic heterocycles. The summed E-state index contributed by atoms with van der Waals surface area (Å²) in [5, 5.41) is 3.34. The lowest BCUT2D eigenvalue weighted by atomic mass is 10.0. The van der Waals surface area contributed by atoms with Gasteiger partial charge in [0.25, 0.3) is 0 Å². The second-order valence-electron chi connectivity index (χ2n) is 4.07. The Morgan fingerprint density at radius 1 is 1.17 bits per heavy atom. The molecule has 0 fully saturated rings. The van der Waals surface area contributed by atoms with Crippen LogP contribution in [-0.2, 0) is 6.42 Å². The summed E-state index contributed by atoms with van der Waals surface area (Å²) in [5.74, 6) is 0. The maximum absolute atomic E-state index is 4.37. The molecule has 1 N–H and O–H groups in total. The van der Waals surface area contributed by atoms with Crippen LogP contribution in [0.1, 0.15) is 17.3 Å². The molecular weight excluding hydrogens is 356 g/mol. The standard InChI is InChI=1S/C14H14Br2N2/c1-17-14(9-13-4-2-3-5-18-13)10-6-11(15)8-12(16)7-10/h2-8,14,17H,9H2,1H3. The summed E-state index contributed by atoms with van der Waals surface area (Å²) in [6, 6.07) is 12.6. The molecule has 0 saturated carbocycles. The second kappa shape index (κ2) is 6.45. The Labute approximate surface area is 124 Å². The fraction of sp³-hybridized carbons (Fsp3) is 0.214. The largest absolute Gasteiger partial charge is 0.313 e. The average Bonchev–Trinajstić information content (AvgIpc) is 2.36. The van der Waals surface area contributed by atoms with Crippen LogP contribution in [0.15, 0.2) is 51.5 Å². The molecule has 94 valence electrons. The van der Waals surface area contributed by atoms with Crippen LogP contribution in [0, 0.1) is 0 Å². The van der Waals surface area contributed by atoms with Gasteiger partial charge in [0.05, 0.1) is 0 Å². The van der Waals surface area contributed by atoms with Crippen molar-refractivity contribution in [2.45, 2.75) is 12.5 Å². The van der Waals surface area contributed by atoms with Gasteiger partial charge < -0.3 is 5.32 Å². The quantitative estimate of drug-likeness (QED) is 0.877. The lowest BCUT2D eigenvalue weighted by Gasteiger charge is -2.17. The van der Waals surface area contributed by atoms with Crippen LogP contribution in [0.2, 0.25) is 0 Å². The zero-order valence-corrected chi connectivity index (χ0v) is 13.2. The van der Waals surface area contributed by atoms with E-state index < -0.39 is 0 Å². The van der Waals surface area contributed by atoms with Crippen molar-refractivity contribution < 1.29 is 0 Å². The molecule has 1 heterocycles. The van der Waals surface area contributed by atoms with Crippen LogP contribution < -0.4 is 5.32 Å². The van der Waals surface area contributed by atoms with Gasteiger partial charge in [-0.15, -0.1) is 0 Å². The molecule has 1 unspecified atom stereocenters. The molecule has 4 heteroatoms. The molecule has 0 saturated heterocycles. The zero-order valence-electron chi connectivity index (χ0n) is 10.0. The van der Waals surface area contributed by atoms with Crippen LogP contribution in [0.4, 0.5) is 0 Å². The Balaban J connectivity index is 2.23. The summed E-state index contributed by atoms with van der Waals surface area (Å²) in [6.45, 7) is 0. The highest BCUT2D eigenvalue weighted by Crippen LogP contribution is 2.25. The van der Waals surface area contributed by atoms with Crippen LogP contribution in [0.25, 0.3) is 0 Å². The van der Waals surface area contributed by atoms with E-state index in [9.17, 15) is 0 Å².